The van der Waals surface area contributed by atoms with Crippen LogP contribution in [0.1, 0.15) is 19.4 Å². The molecule has 0 N–H and O–H groups in total. The average molecular weight is 246 g/mol. The zero-order valence-electron chi connectivity index (χ0n) is 9.49. The highest BCUT2D eigenvalue weighted by Crippen LogP contribution is 2.29. The molecule has 1 aromatic rings. The van der Waals surface area contributed by atoms with Gasteiger partial charge in [0, 0.05) is 29.7 Å². The molecule has 96 valence electrons. The van der Waals surface area contributed by atoms with Crippen LogP contribution in [0.15, 0.2) is 29.4 Å². The highest BCUT2D eigenvalue weighted by molar-refractivity contribution is 5.38. The lowest BCUT2D eigenvalue weighted by atomic mass is 10.2. The molecule has 3 rings (SSSR count). The molecule has 2 heterocycles. The van der Waals surface area contributed by atoms with Crippen molar-refractivity contribution in [1.82, 2.24) is 4.90 Å². The van der Waals surface area contributed by atoms with E-state index in [0.717, 1.165) is 19.7 Å². The summed E-state index contributed by atoms with van der Waals surface area (Å²) in [7, 11) is 0. The molecule has 5 heteroatoms. The fourth-order valence-corrected chi connectivity index (χ4v) is 2.63. The molecule has 18 heavy (non-hydrogen) atoms. The van der Waals surface area contributed by atoms with Crippen LogP contribution in [0.5, 0.6) is 0 Å². The van der Waals surface area contributed by atoms with Crippen molar-refractivity contribution in [2.75, 3.05) is 13.2 Å². The van der Waals surface area contributed by atoms with Crippen molar-refractivity contribution in [1.29, 1.82) is 0 Å². The molecule has 2 bridgehead atoms. The van der Waals surface area contributed by atoms with Gasteiger partial charge < -0.3 is 4.74 Å². The van der Waals surface area contributed by atoms with E-state index in [1.165, 1.54) is 12.0 Å². The van der Waals surface area contributed by atoms with Crippen molar-refractivity contribution < 1.29 is 4.74 Å². The lowest BCUT2D eigenvalue weighted by Crippen LogP contribution is -2.36. The summed E-state index contributed by atoms with van der Waals surface area (Å²) >= 11 is 0. The summed E-state index contributed by atoms with van der Waals surface area (Å²) in [6.45, 7) is 2.88. The number of ether oxygens (including phenoxy) is 1. The van der Waals surface area contributed by atoms with E-state index in [1.54, 1.807) is 0 Å². The second-order valence-electron chi connectivity index (χ2n) is 4.63. The van der Waals surface area contributed by atoms with Gasteiger partial charge in [0.1, 0.15) is 0 Å². The molecule has 5 nitrogen and oxygen atoms in total. The Morgan fingerprint density at radius 2 is 2.17 bits per heavy atom. The minimum Gasteiger partial charge on any atom is -0.375 e. The van der Waals surface area contributed by atoms with E-state index in [4.69, 9.17) is 10.3 Å². The Kier molecular flexibility index (Phi) is 3.87. The van der Waals surface area contributed by atoms with Gasteiger partial charge in [-0.15, -0.1) is 0 Å². The number of azide groups is 1. The highest BCUT2D eigenvalue weighted by Gasteiger charge is 2.38. The molecule has 2 saturated heterocycles. The van der Waals surface area contributed by atoms with E-state index < -0.39 is 0 Å². The van der Waals surface area contributed by atoms with Gasteiger partial charge in [-0.1, -0.05) is 36.8 Å². The smallest absolute Gasteiger partial charge is 0.0718 e. The van der Waals surface area contributed by atoms with Gasteiger partial charge in [-0.3, -0.25) is 4.90 Å². The second kappa shape index (κ2) is 5.40. The van der Waals surface area contributed by atoms with Crippen molar-refractivity contribution in [3.05, 3.63) is 40.3 Å². The molecule has 2 aliphatic heterocycles. The average Bonchev–Trinajstić information content (AvgIpc) is 2.94. The first kappa shape index (κ1) is 12.9. The largest absolute Gasteiger partial charge is 0.375 e. The molecule has 0 amide bonds. The van der Waals surface area contributed by atoms with Crippen LogP contribution in [0, 0.1) is 0 Å². The molecular weight excluding hydrogens is 228 g/mol. The summed E-state index contributed by atoms with van der Waals surface area (Å²) in [5.41, 5.74) is 10.3. The number of benzene rings is 1. The van der Waals surface area contributed by atoms with Crippen molar-refractivity contribution in [3.8, 4) is 0 Å². The number of morpholine rings is 1. The normalized spacial score (nSPS) is 25.6. The molecule has 2 atom stereocenters. The molecule has 0 unspecified atom stereocenters. The maximum Gasteiger partial charge on any atom is 0.0718 e. The van der Waals surface area contributed by atoms with Crippen LogP contribution in [0.2, 0.25) is 0 Å². The number of hydrogen-bond donors (Lipinski definition) is 0. The minimum absolute atomic E-state index is 0. The molecule has 1 aromatic carbocycles. The van der Waals surface area contributed by atoms with Crippen LogP contribution < -0.4 is 0 Å². The van der Waals surface area contributed by atoms with Crippen molar-refractivity contribution >= 4 is 5.69 Å². The Bertz CT molecular complexity index is 453. The van der Waals surface area contributed by atoms with E-state index in [9.17, 15) is 0 Å². The summed E-state index contributed by atoms with van der Waals surface area (Å²) in [5.74, 6) is 0. The zero-order valence-corrected chi connectivity index (χ0v) is 9.49. The highest BCUT2D eigenvalue weighted by atomic mass is 16.5. The molecule has 2 fully saturated rings. The van der Waals surface area contributed by atoms with Gasteiger partial charge in [-0.2, -0.15) is 0 Å². The van der Waals surface area contributed by atoms with Crippen LogP contribution in [-0.2, 0) is 11.3 Å². The predicted octanol–water partition coefficient (Wildman–Crippen LogP) is 3.24. The number of nitrogens with zero attached hydrogens (tertiary/aromatic N) is 4. The Labute approximate surface area is 107 Å². The zero-order chi connectivity index (χ0) is 11.7. The van der Waals surface area contributed by atoms with Crippen LogP contribution in [0.25, 0.3) is 10.4 Å². The molecular formula is C13H18N4O. The first-order chi connectivity index (χ1) is 8.35. The van der Waals surface area contributed by atoms with E-state index in [2.05, 4.69) is 14.9 Å². The van der Waals surface area contributed by atoms with E-state index in [1.807, 2.05) is 24.3 Å². The number of hydrogen-bond acceptors (Lipinski definition) is 3. The third-order valence-corrected chi connectivity index (χ3v) is 3.50. The maximum absolute atomic E-state index is 8.33. The SMILES string of the molecule is C.[N-]=[N+]=Nc1ccc(CN2C[C@@H]3C[C@H]2CO3)cc1. The molecule has 2 aliphatic rings. The summed E-state index contributed by atoms with van der Waals surface area (Å²) in [6, 6.07) is 8.37. The first-order valence-corrected chi connectivity index (χ1v) is 5.85. The number of rotatable bonds is 3. The summed E-state index contributed by atoms with van der Waals surface area (Å²) < 4.78 is 5.57. The summed E-state index contributed by atoms with van der Waals surface area (Å²) in [5, 5.41) is 3.56. The topological polar surface area (TPSA) is 61.2 Å². The molecule has 0 spiro atoms. The Balaban J connectivity index is 0.00000120. The van der Waals surface area contributed by atoms with Crippen molar-refractivity contribution in [2.24, 2.45) is 5.11 Å². The molecule has 0 radical (unpaired) electrons. The maximum atomic E-state index is 8.33. The van der Waals surface area contributed by atoms with Gasteiger partial charge in [0.05, 0.1) is 12.7 Å². The Morgan fingerprint density at radius 3 is 2.72 bits per heavy atom. The van der Waals surface area contributed by atoms with Crippen LogP contribution >= 0.6 is 0 Å². The second-order valence-corrected chi connectivity index (χ2v) is 4.63. The third-order valence-electron chi connectivity index (χ3n) is 3.50. The monoisotopic (exact) mass is 246 g/mol. The quantitative estimate of drug-likeness (QED) is 0.467. The van der Waals surface area contributed by atoms with E-state index >= 15 is 0 Å². The van der Waals surface area contributed by atoms with Gasteiger partial charge >= 0.3 is 0 Å². The lowest BCUT2D eigenvalue weighted by molar-refractivity contribution is 0.0273. The molecule has 0 aliphatic carbocycles. The first-order valence-electron chi connectivity index (χ1n) is 5.85. The van der Waals surface area contributed by atoms with Gasteiger partial charge in [0.2, 0.25) is 0 Å². The van der Waals surface area contributed by atoms with Crippen LogP contribution in [-0.4, -0.2) is 30.2 Å². The van der Waals surface area contributed by atoms with Gasteiger partial charge in [-0.05, 0) is 17.5 Å². The van der Waals surface area contributed by atoms with Crippen LogP contribution in [0.3, 0.4) is 0 Å². The van der Waals surface area contributed by atoms with E-state index in [-0.39, 0.29) is 7.43 Å². The summed E-state index contributed by atoms with van der Waals surface area (Å²) in [6.07, 6.45) is 1.62. The molecule has 0 saturated carbocycles. The lowest BCUT2D eigenvalue weighted by Gasteiger charge is -2.26. The van der Waals surface area contributed by atoms with Crippen LogP contribution in [0.4, 0.5) is 5.69 Å². The molecule has 0 aromatic heterocycles. The third kappa shape index (κ3) is 2.48. The number of fused-ring (bicyclic) bond motifs is 2. The van der Waals surface area contributed by atoms with Gasteiger partial charge in [0.25, 0.3) is 0 Å². The fourth-order valence-electron chi connectivity index (χ4n) is 2.63. The summed E-state index contributed by atoms with van der Waals surface area (Å²) in [4.78, 5) is 5.24. The minimum atomic E-state index is 0. The predicted molar refractivity (Wildman–Crippen MR) is 70.5 cm³/mol. The Hall–Kier alpha value is -1.55. The van der Waals surface area contributed by atoms with Crippen molar-refractivity contribution in [3.63, 3.8) is 0 Å². The van der Waals surface area contributed by atoms with Gasteiger partial charge in [-0.25, -0.2) is 0 Å². The Morgan fingerprint density at radius 1 is 1.39 bits per heavy atom. The van der Waals surface area contributed by atoms with Crippen molar-refractivity contribution in [2.45, 2.75) is 32.5 Å². The van der Waals surface area contributed by atoms with Gasteiger partial charge in [0.15, 0.2) is 0 Å². The standard InChI is InChI=1S/C12H14N4O.CH4/c13-15-14-10-3-1-9(2-4-10)6-16-7-12-5-11(16)8-17-12;/h1-4,11-12H,5-8H2;1H4/t11-,12-;/m0./s1. The van der Waals surface area contributed by atoms with E-state index in [0.29, 0.717) is 17.8 Å². The fraction of sp³-hybridized carbons (Fsp3) is 0.538. The number of likely N-dealkylation sites (tertiary alicyclic amines) is 1.